The van der Waals surface area contributed by atoms with Gasteiger partial charge in [0, 0.05) is 11.6 Å². The quantitative estimate of drug-likeness (QED) is 0.711. The molecule has 12 heavy (non-hydrogen) atoms. The molecule has 0 saturated heterocycles. The summed E-state index contributed by atoms with van der Waals surface area (Å²) in [5.41, 5.74) is 1.08. The van der Waals surface area contributed by atoms with E-state index in [9.17, 15) is 0 Å². The lowest BCUT2D eigenvalue weighted by atomic mass is 10.5. The molecule has 0 saturated carbocycles. The first-order valence-corrected chi connectivity index (χ1v) is 4.76. The summed E-state index contributed by atoms with van der Waals surface area (Å²) < 4.78 is 7.39. The molecule has 0 N–H and O–H groups in total. The number of hydrogen-bond donors (Lipinski definition) is 0. The summed E-state index contributed by atoms with van der Waals surface area (Å²) in [7, 11) is 0. The average molecular weight is 182 g/mol. The third-order valence-corrected chi connectivity index (χ3v) is 2.50. The van der Waals surface area contributed by atoms with Crippen LogP contribution in [-0.2, 0) is 0 Å². The van der Waals surface area contributed by atoms with Crippen molar-refractivity contribution in [1.29, 1.82) is 0 Å². The van der Waals surface area contributed by atoms with Crippen LogP contribution in [0.15, 0.2) is 11.6 Å². The van der Waals surface area contributed by atoms with Gasteiger partial charge >= 0.3 is 0 Å². The number of aromatic nitrogens is 2. The van der Waals surface area contributed by atoms with Crippen molar-refractivity contribution >= 4 is 16.3 Å². The average Bonchev–Trinajstić information content (AvgIpc) is 2.58. The second kappa shape index (κ2) is 2.79. The smallest absolute Gasteiger partial charge is 0.236 e. The predicted octanol–water partition coefficient (Wildman–Crippen LogP) is 2.10. The zero-order valence-electron chi connectivity index (χ0n) is 7.07. The topological polar surface area (TPSA) is 26.5 Å². The first-order valence-electron chi connectivity index (χ1n) is 3.88. The van der Waals surface area contributed by atoms with Crippen LogP contribution in [0, 0.1) is 6.92 Å². The number of rotatable bonds is 2. The van der Waals surface area contributed by atoms with Gasteiger partial charge in [-0.3, -0.25) is 4.40 Å². The molecule has 0 radical (unpaired) electrons. The van der Waals surface area contributed by atoms with Crippen LogP contribution in [0.5, 0.6) is 5.88 Å². The molecular formula is C8H10N2OS. The number of ether oxygens (including phenoxy) is 1. The lowest BCUT2D eigenvalue weighted by Crippen LogP contribution is -1.93. The first kappa shape index (κ1) is 7.61. The summed E-state index contributed by atoms with van der Waals surface area (Å²) >= 11 is 1.62. The van der Waals surface area contributed by atoms with Crippen molar-refractivity contribution in [2.45, 2.75) is 13.8 Å². The monoisotopic (exact) mass is 182 g/mol. The van der Waals surface area contributed by atoms with Gasteiger partial charge in [-0.1, -0.05) is 0 Å². The summed E-state index contributed by atoms with van der Waals surface area (Å²) in [6, 6.07) is 0. The third-order valence-electron chi connectivity index (χ3n) is 1.74. The van der Waals surface area contributed by atoms with E-state index >= 15 is 0 Å². The molecule has 0 unspecified atom stereocenters. The predicted molar refractivity (Wildman–Crippen MR) is 49.0 cm³/mol. The fourth-order valence-electron chi connectivity index (χ4n) is 1.15. The zero-order valence-corrected chi connectivity index (χ0v) is 7.89. The largest absolute Gasteiger partial charge is 0.477 e. The van der Waals surface area contributed by atoms with Crippen molar-refractivity contribution in [3.05, 3.63) is 17.3 Å². The van der Waals surface area contributed by atoms with Crippen molar-refractivity contribution in [1.82, 2.24) is 9.38 Å². The zero-order chi connectivity index (χ0) is 8.55. The molecule has 0 aliphatic heterocycles. The van der Waals surface area contributed by atoms with Crippen LogP contribution < -0.4 is 4.74 Å². The molecule has 4 heteroatoms. The van der Waals surface area contributed by atoms with E-state index in [4.69, 9.17) is 4.74 Å². The standard InChI is InChI=1S/C8H10N2OS/c1-3-11-7-6(2)10-4-5-12-8(10)9-7/h4-5H,3H2,1-2H3. The van der Waals surface area contributed by atoms with E-state index in [0.29, 0.717) is 6.61 Å². The number of thiazole rings is 1. The maximum atomic E-state index is 5.35. The second-order valence-electron chi connectivity index (χ2n) is 2.49. The molecule has 0 amide bonds. The van der Waals surface area contributed by atoms with Gasteiger partial charge in [0.2, 0.25) is 5.88 Å². The van der Waals surface area contributed by atoms with Crippen LogP contribution >= 0.6 is 11.3 Å². The number of fused-ring (bicyclic) bond motifs is 1. The van der Waals surface area contributed by atoms with Crippen LogP contribution in [0.1, 0.15) is 12.6 Å². The molecule has 2 aromatic heterocycles. The lowest BCUT2D eigenvalue weighted by molar-refractivity contribution is 0.326. The molecular weight excluding hydrogens is 172 g/mol. The molecule has 0 fully saturated rings. The van der Waals surface area contributed by atoms with E-state index in [1.807, 2.05) is 29.8 Å². The molecule has 3 nitrogen and oxygen atoms in total. The van der Waals surface area contributed by atoms with E-state index in [1.54, 1.807) is 11.3 Å². The van der Waals surface area contributed by atoms with Gasteiger partial charge in [-0.05, 0) is 13.8 Å². The van der Waals surface area contributed by atoms with Crippen molar-refractivity contribution in [2.75, 3.05) is 6.61 Å². The Hall–Kier alpha value is -1.03. The normalized spacial score (nSPS) is 10.8. The summed E-state index contributed by atoms with van der Waals surface area (Å²) in [6.07, 6.45) is 2.00. The molecule has 0 atom stereocenters. The number of aryl methyl sites for hydroxylation is 1. The minimum absolute atomic E-state index is 0.672. The van der Waals surface area contributed by atoms with Gasteiger partial charge in [0.25, 0.3) is 0 Å². The van der Waals surface area contributed by atoms with Crippen molar-refractivity contribution in [3.8, 4) is 5.88 Å². The maximum Gasteiger partial charge on any atom is 0.236 e. The summed E-state index contributed by atoms with van der Waals surface area (Å²) in [5, 5.41) is 2.02. The van der Waals surface area contributed by atoms with Gasteiger partial charge in [0.05, 0.1) is 12.3 Å². The highest BCUT2D eigenvalue weighted by atomic mass is 32.1. The van der Waals surface area contributed by atoms with Crippen LogP contribution in [-0.4, -0.2) is 16.0 Å². The highest BCUT2D eigenvalue weighted by Crippen LogP contribution is 2.21. The second-order valence-corrected chi connectivity index (χ2v) is 3.36. The Morgan fingerprint density at radius 3 is 3.17 bits per heavy atom. The lowest BCUT2D eigenvalue weighted by Gasteiger charge is -1.97. The summed E-state index contributed by atoms with van der Waals surface area (Å²) in [4.78, 5) is 5.32. The van der Waals surface area contributed by atoms with Crippen molar-refractivity contribution in [3.63, 3.8) is 0 Å². The Morgan fingerprint density at radius 2 is 2.50 bits per heavy atom. The highest BCUT2D eigenvalue weighted by Gasteiger charge is 2.08. The SMILES string of the molecule is CCOc1nc2sccn2c1C. The van der Waals surface area contributed by atoms with E-state index in [2.05, 4.69) is 4.98 Å². The minimum Gasteiger partial charge on any atom is -0.477 e. The van der Waals surface area contributed by atoms with Crippen LogP contribution in [0.25, 0.3) is 4.96 Å². The third kappa shape index (κ3) is 0.992. The first-order chi connectivity index (χ1) is 5.83. The van der Waals surface area contributed by atoms with Crippen LogP contribution in [0.3, 0.4) is 0 Å². The van der Waals surface area contributed by atoms with E-state index in [1.165, 1.54) is 0 Å². The number of nitrogens with zero attached hydrogens (tertiary/aromatic N) is 2. The fraction of sp³-hybridized carbons (Fsp3) is 0.375. The minimum atomic E-state index is 0.672. The Labute approximate surface area is 74.6 Å². The van der Waals surface area contributed by atoms with E-state index in [-0.39, 0.29) is 0 Å². The Bertz CT molecular complexity index is 391. The molecule has 0 aromatic carbocycles. The number of hydrogen-bond acceptors (Lipinski definition) is 3. The fourth-order valence-corrected chi connectivity index (χ4v) is 1.90. The Kier molecular flexibility index (Phi) is 1.77. The summed E-state index contributed by atoms with van der Waals surface area (Å²) in [5.74, 6) is 0.754. The molecule has 0 spiro atoms. The maximum absolute atomic E-state index is 5.35. The van der Waals surface area contributed by atoms with E-state index < -0.39 is 0 Å². The highest BCUT2D eigenvalue weighted by molar-refractivity contribution is 7.15. The van der Waals surface area contributed by atoms with Gasteiger partial charge in [-0.15, -0.1) is 11.3 Å². The molecule has 0 aliphatic rings. The van der Waals surface area contributed by atoms with Crippen molar-refractivity contribution < 1.29 is 4.74 Å². The molecule has 0 bridgehead atoms. The number of imidazole rings is 1. The van der Waals surface area contributed by atoms with Gasteiger partial charge in [0.1, 0.15) is 0 Å². The summed E-state index contributed by atoms with van der Waals surface area (Å²) in [6.45, 7) is 4.65. The Balaban J connectivity index is 2.55. The molecule has 0 aliphatic carbocycles. The van der Waals surface area contributed by atoms with Gasteiger partial charge in [0.15, 0.2) is 4.96 Å². The Morgan fingerprint density at radius 1 is 1.67 bits per heavy atom. The molecule has 2 heterocycles. The molecule has 64 valence electrons. The van der Waals surface area contributed by atoms with Crippen LogP contribution in [0.2, 0.25) is 0 Å². The van der Waals surface area contributed by atoms with Gasteiger partial charge in [-0.25, -0.2) is 0 Å². The van der Waals surface area contributed by atoms with Crippen molar-refractivity contribution in [2.24, 2.45) is 0 Å². The van der Waals surface area contributed by atoms with Gasteiger partial charge < -0.3 is 4.74 Å². The van der Waals surface area contributed by atoms with Crippen LogP contribution in [0.4, 0.5) is 0 Å². The van der Waals surface area contributed by atoms with Gasteiger partial charge in [-0.2, -0.15) is 4.98 Å². The van der Waals surface area contributed by atoms with E-state index in [0.717, 1.165) is 16.5 Å². The molecule has 2 aromatic rings. The molecule has 2 rings (SSSR count).